The van der Waals surface area contributed by atoms with Crippen LogP contribution in [0, 0.1) is 6.92 Å². The summed E-state index contributed by atoms with van der Waals surface area (Å²) in [6, 6.07) is 13.3. The average molecular weight is 409 g/mol. The Morgan fingerprint density at radius 3 is 2.33 bits per heavy atom. The van der Waals surface area contributed by atoms with Crippen LogP contribution in [0.2, 0.25) is 0 Å². The molecule has 8 heteroatoms. The van der Waals surface area contributed by atoms with Gasteiger partial charge in [-0.1, -0.05) is 0 Å². The van der Waals surface area contributed by atoms with Crippen molar-refractivity contribution in [2.24, 2.45) is 0 Å². The van der Waals surface area contributed by atoms with E-state index in [2.05, 4.69) is 10.3 Å². The van der Waals surface area contributed by atoms with Crippen molar-refractivity contribution < 1.29 is 19.1 Å². The number of nitrogens with one attached hydrogen (secondary N) is 2. The predicted molar refractivity (Wildman–Crippen MR) is 112 cm³/mol. The molecule has 8 nitrogen and oxygen atoms in total. The zero-order valence-electron chi connectivity index (χ0n) is 17.0. The molecule has 0 radical (unpaired) electrons. The SMILES string of the molecule is CCOc1ccc(NC(=O)C(C)OC(=O)c2ccc(-n3c(C)c[nH]c3=O)cc2)cc1. The van der Waals surface area contributed by atoms with Crippen LogP contribution in [0.3, 0.4) is 0 Å². The number of imidazole rings is 1. The van der Waals surface area contributed by atoms with Gasteiger partial charge in [0.15, 0.2) is 6.10 Å². The van der Waals surface area contributed by atoms with Crippen molar-refractivity contribution in [1.82, 2.24) is 9.55 Å². The number of hydrogen-bond acceptors (Lipinski definition) is 5. The maximum atomic E-state index is 12.4. The number of hydrogen-bond donors (Lipinski definition) is 2. The zero-order valence-corrected chi connectivity index (χ0v) is 17.0. The van der Waals surface area contributed by atoms with Gasteiger partial charge in [-0.3, -0.25) is 9.36 Å². The van der Waals surface area contributed by atoms with Crippen molar-refractivity contribution in [3.8, 4) is 11.4 Å². The van der Waals surface area contributed by atoms with Crippen molar-refractivity contribution in [1.29, 1.82) is 0 Å². The molecule has 0 aliphatic heterocycles. The van der Waals surface area contributed by atoms with Gasteiger partial charge in [-0.05, 0) is 69.3 Å². The first-order valence-corrected chi connectivity index (χ1v) is 9.51. The second-order valence-electron chi connectivity index (χ2n) is 6.61. The van der Waals surface area contributed by atoms with Crippen molar-refractivity contribution in [2.75, 3.05) is 11.9 Å². The van der Waals surface area contributed by atoms with Crippen molar-refractivity contribution >= 4 is 17.6 Å². The summed E-state index contributed by atoms with van der Waals surface area (Å²) in [4.78, 5) is 39.1. The number of nitrogens with zero attached hydrogens (tertiary/aromatic N) is 1. The van der Waals surface area contributed by atoms with Gasteiger partial charge in [-0.2, -0.15) is 0 Å². The van der Waals surface area contributed by atoms with Crippen LogP contribution in [-0.2, 0) is 9.53 Å². The molecule has 2 aromatic carbocycles. The van der Waals surface area contributed by atoms with Gasteiger partial charge >= 0.3 is 11.7 Å². The summed E-state index contributed by atoms with van der Waals surface area (Å²) in [5.41, 5.74) is 1.96. The minimum absolute atomic E-state index is 0.262. The fourth-order valence-corrected chi connectivity index (χ4v) is 2.85. The smallest absolute Gasteiger partial charge is 0.338 e. The van der Waals surface area contributed by atoms with Crippen molar-refractivity contribution in [3.05, 3.63) is 76.5 Å². The number of aryl methyl sites for hydroxylation is 1. The van der Waals surface area contributed by atoms with Crippen molar-refractivity contribution in [2.45, 2.75) is 26.9 Å². The van der Waals surface area contributed by atoms with Crippen LogP contribution in [-0.4, -0.2) is 34.1 Å². The lowest BCUT2D eigenvalue weighted by molar-refractivity contribution is -0.123. The summed E-state index contributed by atoms with van der Waals surface area (Å²) in [6.07, 6.45) is 0.619. The molecule has 1 heterocycles. The van der Waals surface area contributed by atoms with Crippen LogP contribution in [0.15, 0.2) is 59.5 Å². The molecule has 0 bridgehead atoms. The predicted octanol–water partition coefficient (Wildman–Crippen LogP) is 3.06. The average Bonchev–Trinajstić information content (AvgIpc) is 3.07. The van der Waals surface area contributed by atoms with E-state index >= 15 is 0 Å². The van der Waals surface area contributed by atoms with Gasteiger partial charge in [0, 0.05) is 17.6 Å². The third kappa shape index (κ3) is 4.78. The first-order chi connectivity index (χ1) is 14.4. The number of anilines is 1. The Bertz CT molecular complexity index is 1080. The highest BCUT2D eigenvalue weighted by atomic mass is 16.5. The lowest BCUT2D eigenvalue weighted by Gasteiger charge is -2.14. The Labute approximate surface area is 173 Å². The van der Waals surface area contributed by atoms with E-state index in [4.69, 9.17) is 9.47 Å². The molecule has 1 aromatic heterocycles. The van der Waals surface area contributed by atoms with Gasteiger partial charge in [-0.15, -0.1) is 0 Å². The highest BCUT2D eigenvalue weighted by molar-refractivity contribution is 5.97. The molecule has 1 unspecified atom stereocenters. The van der Waals surface area contributed by atoms with E-state index in [1.54, 1.807) is 61.7 Å². The minimum atomic E-state index is -0.988. The van der Waals surface area contributed by atoms with Gasteiger partial charge in [0.25, 0.3) is 5.91 Å². The third-order valence-corrected chi connectivity index (χ3v) is 4.41. The number of esters is 1. The minimum Gasteiger partial charge on any atom is -0.494 e. The normalized spacial score (nSPS) is 11.6. The number of aromatic amines is 1. The number of carbonyl (C=O) groups excluding carboxylic acids is 2. The van der Waals surface area contributed by atoms with Crippen LogP contribution in [0.25, 0.3) is 5.69 Å². The fourth-order valence-electron chi connectivity index (χ4n) is 2.85. The number of rotatable bonds is 7. The van der Waals surface area contributed by atoms with Crippen LogP contribution in [0.4, 0.5) is 5.69 Å². The quantitative estimate of drug-likeness (QED) is 0.584. The Morgan fingerprint density at radius 1 is 1.10 bits per heavy atom. The standard InChI is InChI=1S/C22H23N3O5/c1-4-29-19-11-7-17(8-12-19)24-20(26)15(3)30-21(27)16-5-9-18(10-6-16)25-14(2)13-23-22(25)28/h5-13,15H,4H2,1-3H3,(H,23,28)(H,24,26). The summed E-state index contributed by atoms with van der Waals surface area (Å²) in [5, 5.41) is 2.69. The molecular weight excluding hydrogens is 386 g/mol. The largest absolute Gasteiger partial charge is 0.494 e. The Morgan fingerprint density at radius 2 is 1.77 bits per heavy atom. The monoisotopic (exact) mass is 409 g/mol. The highest BCUT2D eigenvalue weighted by Gasteiger charge is 2.19. The topological polar surface area (TPSA) is 102 Å². The number of ether oxygens (including phenoxy) is 2. The molecule has 2 N–H and O–H groups in total. The van der Waals surface area contributed by atoms with Crippen LogP contribution in [0.5, 0.6) is 5.75 Å². The first kappa shape index (κ1) is 20.9. The molecule has 0 spiro atoms. The number of H-pyrrole nitrogens is 1. The molecule has 0 aliphatic rings. The van der Waals surface area contributed by atoms with E-state index < -0.39 is 18.0 Å². The summed E-state index contributed by atoms with van der Waals surface area (Å²) >= 11 is 0. The summed E-state index contributed by atoms with van der Waals surface area (Å²) in [5.74, 6) is -0.372. The molecule has 30 heavy (non-hydrogen) atoms. The van der Waals surface area contributed by atoms with Crippen molar-refractivity contribution in [3.63, 3.8) is 0 Å². The Hall–Kier alpha value is -3.81. The van der Waals surface area contributed by atoms with Gasteiger partial charge in [0.1, 0.15) is 5.75 Å². The van der Waals surface area contributed by atoms with Crippen LogP contribution >= 0.6 is 0 Å². The summed E-state index contributed by atoms with van der Waals surface area (Å²) in [7, 11) is 0. The van der Waals surface area contributed by atoms with E-state index in [1.807, 2.05) is 6.92 Å². The molecule has 0 fully saturated rings. The maximum Gasteiger partial charge on any atom is 0.338 e. The van der Waals surface area contributed by atoms with E-state index in [0.717, 1.165) is 5.69 Å². The van der Waals surface area contributed by atoms with E-state index in [-0.39, 0.29) is 11.3 Å². The molecule has 0 saturated carbocycles. The molecule has 0 saturated heterocycles. The molecule has 0 aliphatic carbocycles. The summed E-state index contributed by atoms with van der Waals surface area (Å²) in [6.45, 7) is 5.74. The second kappa shape index (κ2) is 9.13. The highest BCUT2D eigenvalue weighted by Crippen LogP contribution is 2.16. The number of carbonyl (C=O) groups is 2. The summed E-state index contributed by atoms with van der Waals surface area (Å²) < 4.78 is 12.1. The lowest BCUT2D eigenvalue weighted by Crippen LogP contribution is -2.30. The van der Waals surface area contributed by atoms with Gasteiger partial charge < -0.3 is 19.8 Å². The van der Waals surface area contributed by atoms with E-state index in [1.165, 1.54) is 11.5 Å². The molecule has 156 valence electrons. The number of amides is 1. The number of benzene rings is 2. The Balaban J connectivity index is 1.60. The van der Waals surface area contributed by atoms with Crippen LogP contribution < -0.4 is 15.7 Å². The molecular formula is C22H23N3O5. The van der Waals surface area contributed by atoms with Gasteiger partial charge in [0.2, 0.25) is 0 Å². The molecule has 3 aromatic rings. The van der Waals surface area contributed by atoms with Gasteiger partial charge in [-0.25, -0.2) is 9.59 Å². The zero-order chi connectivity index (χ0) is 21.7. The first-order valence-electron chi connectivity index (χ1n) is 9.51. The number of aromatic nitrogens is 2. The molecule has 1 atom stereocenters. The van der Waals surface area contributed by atoms with E-state index in [0.29, 0.717) is 23.7 Å². The van der Waals surface area contributed by atoms with E-state index in [9.17, 15) is 14.4 Å². The molecule has 1 amide bonds. The Kier molecular flexibility index (Phi) is 6.36. The second-order valence-corrected chi connectivity index (χ2v) is 6.61. The van der Waals surface area contributed by atoms with Crippen LogP contribution in [0.1, 0.15) is 29.9 Å². The maximum absolute atomic E-state index is 12.4. The lowest BCUT2D eigenvalue weighted by atomic mass is 10.2. The van der Waals surface area contributed by atoms with Gasteiger partial charge in [0.05, 0.1) is 17.9 Å². The third-order valence-electron chi connectivity index (χ3n) is 4.41. The molecule has 3 rings (SSSR count). The fraction of sp³-hybridized carbons (Fsp3) is 0.227.